The third-order valence-corrected chi connectivity index (χ3v) is 6.19. The fourth-order valence-corrected chi connectivity index (χ4v) is 4.14. The van der Waals surface area contributed by atoms with Gasteiger partial charge < -0.3 is 15.5 Å². The van der Waals surface area contributed by atoms with E-state index in [1.54, 1.807) is 4.90 Å². The Morgan fingerprint density at radius 3 is 2.15 bits per heavy atom. The number of rotatable bonds is 7. The van der Waals surface area contributed by atoms with Crippen LogP contribution in [0.15, 0.2) is 29.2 Å². The van der Waals surface area contributed by atoms with Crippen molar-refractivity contribution in [2.75, 3.05) is 45.8 Å². The molecule has 0 spiro atoms. The van der Waals surface area contributed by atoms with Crippen molar-refractivity contribution in [3.05, 3.63) is 29.8 Å². The number of hydrogen-bond acceptors (Lipinski definition) is 5. The van der Waals surface area contributed by atoms with Crippen molar-refractivity contribution < 1.29 is 18.0 Å². The lowest BCUT2D eigenvalue weighted by molar-refractivity contribution is -0.129. The molecule has 1 heterocycles. The zero-order valence-electron chi connectivity index (χ0n) is 15.6. The van der Waals surface area contributed by atoms with Gasteiger partial charge in [0.1, 0.15) is 0 Å². The quantitative estimate of drug-likeness (QED) is 0.620. The van der Waals surface area contributed by atoms with Gasteiger partial charge >= 0.3 is 0 Å². The second kappa shape index (κ2) is 10.6. The Hall–Kier alpha value is -1.68. The molecule has 0 bridgehead atoms. The van der Waals surface area contributed by atoms with Crippen molar-refractivity contribution in [2.24, 2.45) is 0 Å². The van der Waals surface area contributed by atoms with Crippen LogP contribution >= 0.6 is 12.4 Å². The fraction of sp³-hybridized carbons (Fsp3) is 0.529. The molecule has 1 saturated heterocycles. The van der Waals surface area contributed by atoms with Gasteiger partial charge in [0, 0.05) is 51.8 Å². The predicted molar refractivity (Wildman–Crippen MR) is 106 cm³/mol. The van der Waals surface area contributed by atoms with Crippen molar-refractivity contribution in [1.82, 2.24) is 19.8 Å². The minimum atomic E-state index is -3.62. The smallest absolute Gasteiger partial charge is 0.251 e. The summed E-state index contributed by atoms with van der Waals surface area (Å²) in [5.74, 6) is -0.284. The van der Waals surface area contributed by atoms with Crippen molar-refractivity contribution >= 4 is 34.2 Å². The number of amides is 2. The highest BCUT2D eigenvalue weighted by Gasteiger charge is 2.29. The monoisotopic (exact) mass is 418 g/mol. The average Bonchev–Trinajstić information content (AvgIpc) is 2.65. The van der Waals surface area contributed by atoms with Gasteiger partial charge in [-0.25, -0.2) is 8.42 Å². The van der Waals surface area contributed by atoms with E-state index >= 15 is 0 Å². The summed E-state index contributed by atoms with van der Waals surface area (Å²) in [6.45, 7) is 6.81. The minimum Gasteiger partial charge on any atom is -0.351 e. The van der Waals surface area contributed by atoms with E-state index in [9.17, 15) is 18.0 Å². The first-order valence-corrected chi connectivity index (χ1v) is 10.1. The lowest BCUT2D eigenvalue weighted by Gasteiger charge is -2.33. The Balaban J connectivity index is 0.00000364. The first-order chi connectivity index (χ1) is 12.4. The molecule has 1 aromatic rings. The van der Waals surface area contributed by atoms with E-state index in [1.807, 2.05) is 6.92 Å². The summed E-state index contributed by atoms with van der Waals surface area (Å²) in [5, 5.41) is 5.88. The van der Waals surface area contributed by atoms with Crippen LogP contribution in [0.4, 0.5) is 0 Å². The number of nitrogens with zero attached hydrogens (tertiary/aromatic N) is 2. The molecule has 1 aliphatic heterocycles. The molecular weight excluding hydrogens is 392 g/mol. The third kappa shape index (κ3) is 6.17. The summed E-state index contributed by atoms with van der Waals surface area (Å²) < 4.78 is 26.8. The van der Waals surface area contributed by atoms with E-state index in [0.717, 1.165) is 6.54 Å². The minimum absolute atomic E-state index is 0. The average molecular weight is 419 g/mol. The third-order valence-electron chi connectivity index (χ3n) is 4.28. The van der Waals surface area contributed by atoms with Crippen molar-refractivity contribution in [3.8, 4) is 0 Å². The maximum absolute atomic E-state index is 12.7. The van der Waals surface area contributed by atoms with E-state index in [4.69, 9.17) is 0 Å². The predicted octanol–water partition coefficient (Wildman–Crippen LogP) is 0.301. The molecule has 0 unspecified atom stereocenters. The lowest BCUT2D eigenvalue weighted by atomic mass is 10.2. The van der Waals surface area contributed by atoms with Crippen LogP contribution in [0.25, 0.3) is 0 Å². The largest absolute Gasteiger partial charge is 0.351 e. The van der Waals surface area contributed by atoms with E-state index in [-0.39, 0.29) is 42.2 Å². The number of carbonyl (C=O) groups is 2. The number of sulfonamides is 1. The van der Waals surface area contributed by atoms with Crippen LogP contribution in [0.3, 0.4) is 0 Å². The number of halogens is 1. The Bertz CT molecular complexity index is 732. The molecule has 2 amide bonds. The Morgan fingerprint density at radius 1 is 1.04 bits per heavy atom. The molecule has 8 nitrogen and oxygen atoms in total. The number of hydrogen-bond donors (Lipinski definition) is 2. The van der Waals surface area contributed by atoms with E-state index < -0.39 is 10.0 Å². The van der Waals surface area contributed by atoms with Crippen LogP contribution < -0.4 is 10.6 Å². The molecule has 1 fully saturated rings. The van der Waals surface area contributed by atoms with Gasteiger partial charge in [0.2, 0.25) is 15.9 Å². The SMILES string of the molecule is CCNCCNC(=O)c1ccc(S(=O)(=O)N2CCN(C(C)=O)CC2)cc1.Cl. The van der Waals surface area contributed by atoms with Crippen LogP contribution in [0, 0.1) is 0 Å². The van der Waals surface area contributed by atoms with Crippen molar-refractivity contribution in [2.45, 2.75) is 18.7 Å². The second-order valence-electron chi connectivity index (χ2n) is 6.04. The van der Waals surface area contributed by atoms with Crippen LogP contribution in [0.5, 0.6) is 0 Å². The van der Waals surface area contributed by atoms with Gasteiger partial charge in [0.15, 0.2) is 0 Å². The standard InChI is InChI=1S/C17H26N4O4S.ClH/c1-3-18-8-9-19-17(23)15-4-6-16(7-5-15)26(24,25)21-12-10-20(11-13-21)14(2)22;/h4-7,18H,3,8-13H2,1-2H3,(H,19,23);1H. The first-order valence-electron chi connectivity index (χ1n) is 8.71. The van der Waals surface area contributed by atoms with Crippen molar-refractivity contribution in [1.29, 1.82) is 0 Å². The molecule has 1 aromatic carbocycles. The highest BCUT2D eigenvalue weighted by Crippen LogP contribution is 2.18. The number of piperazine rings is 1. The topological polar surface area (TPSA) is 98.8 Å². The lowest BCUT2D eigenvalue weighted by Crippen LogP contribution is -2.49. The van der Waals surface area contributed by atoms with E-state index in [1.165, 1.54) is 35.5 Å². The number of carbonyl (C=O) groups excluding carboxylic acids is 2. The molecule has 0 aromatic heterocycles. The van der Waals surface area contributed by atoms with Crippen LogP contribution in [-0.4, -0.2) is 75.3 Å². The van der Waals surface area contributed by atoms with Crippen LogP contribution in [-0.2, 0) is 14.8 Å². The van der Waals surface area contributed by atoms with Gasteiger partial charge in [0.25, 0.3) is 5.91 Å². The molecule has 0 aliphatic carbocycles. The molecular formula is C17H27ClN4O4S. The summed E-state index contributed by atoms with van der Waals surface area (Å²) >= 11 is 0. The number of nitrogens with one attached hydrogen (secondary N) is 2. The molecule has 0 saturated carbocycles. The zero-order chi connectivity index (χ0) is 19.2. The summed E-state index contributed by atoms with van der Waals surface area (Å²) in [6, 6.07) is 5.93. The van der Waals surface area contributed by atoms with Crippen LogP contribution in [0.1, 0.15) is 24.2 Å². The van der Waals surface area contributed by atoms with Gasteiger partial charge in [-0.2, -0.15) is 4.31 Å². The molecule has 0 atom stereocenters. The van der Waals surface area contributed by atoms with Crippen molar-refractivity contribution in [3.63, 3.8) is 0 Å². The van der Waals surface area contributed by atoms with Gasteiger partial charge in [0.05, 0.1) is 4.90 Å². The van der Waals surface area contributed by atoms with Crippen LogP contribution in [0.2, 0.25) is 0 Å². The molecule has 10 heteroatoms. The second-order valence-corrected chi connectivity index (χ2v) is 7.98. The first kappa shape index (κ1) is 23.4. The number of likely N-dealkylation sites (N-methyl/N-ethyl adjacent to an activating group) is 1. The molecule has 1 aliphatic rings. The summed E-state index contributed by atoms with van der Waals surface area (Å²) in [6.07, 6.45) is 0. The highest BCUT2D eigenvalue weighted by atomic mass is 35.5. The molecule has 0 radical (unpaired) electrons. The zero-order valence-corrected chi connectivity index (χ0v) is 17.2. The highest BCUT2D eigenvalue weighted by molar-refractivity contribution is 7.89. The van der Waals surface area contributed by atoms with Gasteiger partial charge in [-0.05, 0) is 30.8 Å². The molecule has 152 valence electrons. The molecule has 2 rings (SSSR count). The fourth-order valence-electron chi connectivity index (χ4n) is 2.71. The summed E-state index contributed by atoms with van der Waals surface area (Å²) in [7, 11) is -3.62. The van der Waals surface area contributed by atoms with E-state index in [0.29, 0.717) is 31.7 Å². The number of benzene rings is 1. The Kier molecular flexibility index (Phi) is 9.17. The summed E-state index contributed by atoms with van der Waals surface area (Å²) in [5.41, 5.74) is 0.418. The molecule has 27 heavy (non-hydrogen) atoms. The maximum atomic E-state index is 12.7. The van der Waals surface area contributed by atoms with Gasteiger partial charge in [-0.3, -0.25) is 9.59 Å². The summed E-state index contributed by atoms with van der Waals surface area (Å²) in [4.78, 5) is 25.2. The van der Waals surface area contributed by atoms with E-state index in [2.05, 4.69) is 10.6 Å². The van der Waals surface area contributed by atoms with Gasteiger partial charge in [-0.15, -0.1) is 12.4 Å². The Morgan fingerprint density at radius 2 is 1.63 bits per heavy atom. The maximum Gasteiger partial charge on any atom is 0.251 e. The Labute approximate surface area is 166 Å². The normalized spacial score (nSPS) is 15.1. The molecule has 2 N–H and O–H groups in total. The van der Waals surface area contributed by atoms with Gasteiger partial charge in [-0.1, -0.05) is 6.92 Å².